The third kappa shape index (κ3) is 4.11. The molecule has 0 bridgehead atoms. The molecular weight excluding hydrogens is 330 g/mol. The lowest BCUT2D eigenvalue weighted by Crippen LogP contribution is -2.23. The molecule has 1 aliphatic rings. The maximum Gasteiger partial charge on any atom is 0.414 e. The van der Waals surface area contributed by atoms with Gasteiger partial charge in [0, 0.05) is 16.8 Å². The first-order valence-electron chi connectivity index (χ1n) is 8.57. The molecule has 3 rings (SSSR count). The Hall–Kier alpha value is -3.08. The van der Waals surface area contributed by atoms with Crippen LogP contribution in [0.4, 0.5) is 10.5 Å². The molecule has 2 aromatic carbocycles. The highest BCUT2D eigenvalue weighted by atomic mass is 16.6. The molecule has 1 amide bonds. The Morgan fingerprint density at radius 2 is 2.00 bits per heavy atom. The molecule has 0 unspecified atom stereocenters. The fourth-order valence-electron chi connectivity index (χ4n) is 2.70. The molecule has 0 aromatic heterocycles. The molecule has 0 aliphatic carbocycles. The second-order valence-corrected chi connectivity index (χ2v) is 6.22. The van der Waals surface area contributed by atoms with Crippen molar-refractivity contribution in [3.63, 3.8) is 0 Å². The summed E-state index contributed by atoms with van der Waals surface area (Å²) in [4.78, 5) is 25.7. The first kappa shape index (κ1) is 17.7. The Morgan fingerprint density at radius 1 is 1.19 bits per heavy atom. The van der Waals surface area contributed by atoms with Gasteiger partial charge in [0.15, 0.2) is 5.78 Å². The Bertz CT molecular complexity index is 841. The minimum Gasteiger partial charge on any atom is -0.490 e. The van der Waals surface area contributed by atoms with Crippen molar-refractivity contribution in [2.45, 2.75) is 20.0 Å². The summed E-state index contributed by atoms with van der Waals surface area (Å²) in [6.07, 6.45) is 2.93. The first-order chi connectivity index (χ1) is 12.5. The van der Waals surface area contributed by atoms with Crippen molar-refractivity contribution in [2.75, 3.05) is 18.1 Å². The smallest absolute Gasteiger partial charge is 0.414 e. The summed E-state index contributed by atoms with van der Waals surface area (Å²) in [7, 11) is 0. The van der Waals surface area contributed by atoms with Gasteiger partial charge in [-0.25, -0.2) is 4.79 Å². The lowest BCUT2D eigenvalue weighted by molar-refractivity contribution is 0.104. The zero-order valence-electron chi connectivity index (χ0n) is 14.8. The molecule has 1 heterocycles. The predicted octanol–water partition coefficient (Wildman–Crippen LogP) is 4.33. The van der Waals surface area contributed by atoms with Crippen molar-refractivity contribution in [2.24, 2.45) is 0 Å². The van der Waals surface area contributed by atoms with Gasteiger partial charge < -0.3 is 9.47 Å². The maximum absolute atomic E-state index is 12.5. The van der Waals surface area contributed by atoms with E-state index in [0.29, 0.717) is 24.4 Å². The van der Waals surface area contributed by atoms with E-state index in [1.807, 2.05) is 38.1 Å². The van der Waals surface area contributed by atoms with Crippen molar-refractivity contribution in [3.05, 3.63) is 65.7 Å². The van der Waals surface area contributed by atoms with E-state index in [1.54, 1.807) is 30.3 Å². The van der Waals surface area contributed by atoms with Crippen molar-refractivity contribution in [1.29, 1.82) is 0 Å². The van der Waals surface area contributed by atoms with Crippen LogP contribution in [-0.2, 0) is 4.74 Å². The minimum absolute atomic E-state index is 0.0529. The number of nitrogens with zero attached hydrogens (tertiary/aromatic N) is 1. The number of ketones is 1. The lowest BCUT2D eigenvalue weighted by atomic mass is 10.1. The number of allylic oxidation sites excluding steroid dienone is 1. The van der Waals surface area contributed by atoms with Gasteiger partial charge in [-0.1, -0.05) is 30.3 Å². The van der Waals surface area contributed by atoms with Crippen molar-refractivity contribution < 1.29 is 19.1 Å². The molecular formula is C21H21NO4. The number of ether oxygens (including phenoxy) is 2. The Morgan fingerprint density at radius 3 is 2.73 bits per heavy atom. The van der Waals surface area contributed by atoms with Gasteiger partial charge in [-0.2, -0.15) is 0 Å². The number of para-hydroxylation sites is 1. The molecule has 5 nitrogen and oxygen atoms in total. The topological polar surface area (TPSA) is 55.8 Å². The summed E-state index contributed by atoms with van der Waals surface area (Å²) in [5.41, 5.74) is 2.02. The van der Waals surface area contributed by atoms with E-state index >= 15 is 0 Å². The van der Waals surface area contributed by atoms with Gasteiger partial charge in [0.05, 0.1) is 12.6 Å². The normalized spacial score (nSPS) is 14.1. The number of amides is 1. The van der Waals surface area contributed by atoms with Crippen LogP contribution < -0.4 is 9.64 Å². The van der Waals surface area contributed by atoms with E-state index < -0.39 is 0 Å². The fourth-order valence-corrected chi connectivity index (χ4v) is 2.70. The maximum atomic E-state index is 12.5. The molecule has 134 valence electrons. The van der Waals surface area contributed by atoms with E-state index in [9.17, 15) is 9.59 Å². The quantitative estimate of drug-likeness (QED) is 0.574. The van der Waals surface area contributed by atoms with Crippen LogP contribution in [0, 0.1) is 0 Å². The number of carbonyl (C=O) groups is 2. The molecule has 0 atom stereocenters. The molecule has 1 fully saturated rings. The second-order valence-electron chi connectivity index (χ2n) is 6.22. The van der Waals surface area contributed by atoms with Crippen molar-refractivity contribution in [3.8, 4) is 5.75 Å². The van der Waals surface area contributed by atoms with Crippen LogP contribution in [0.25, 0.3) is 6.08 Å². The van der Waals surface area contributed by atoms with Gasteiger partial charge in [-0.15, -0.1) is 0 Å². The molecule has 5 heteroatoms. The van der Waals surface area contributed by atoms with Crippen molar-refractivity contribution in [1.82, 2.24) is 0 Å². The molecule has 1 saturated heterocycles. The van der Waals surface area contributed by atoms with Gasteiger partial charge >= 0.3 is 6.09 Å². The van der Waals surface area contributed by atoms with Gasteiger partial charge in [-0.3, -0.25) is 9.69 Å². The zero-order chi connectivity index (χ0) is 18.5. The minimum atomic E-state index is -0.384. The van der Waals surface area contributed by atoms with Crippen LogP contribution in [0.1, 0.15) is 29.8 Å². The summed E-state index contributed by atoms with van der Waals surface area (Å²) in [6, 6.07) is 14.6. The molecule has 2 aromatic rings. The molecule has 26 heavy (non-hydrogen) atoms. The Kier molecular flexibility index (Phi) is 5.37. The van der Waals surface area contributed by atoms with Gasteiger partial charge in [0.2, 0.25) is 0 Å². The number of anilines is 1. The molecule has 0 radical (unpaired) electrons. The van der Waals surface area contributed by atoms with Gasteiger partial charge in [0.25, 0.3) is 0 Å². The highest BCUT2D eigenvalue weighted by molar-refractivity contribution is 6.07. The third-order valence-electron chi connectivity index (χ3n) is 3.90. The highest BCUT2D eigenvalue weighted by Gasteiger charge is 2.23. The number of benzene rings is 2. The van der Waals surface area contributed by atoms with Crippen molar-refractivity contribution >= 4 is 23.6 Å². The Balaban J connectivity index is 1.78. The Labute approximate surface area is 152 Å². The van der Waals surface area contributed by atoms with Crippen LogP contribution in [0.3, 0.4) is 0 Å². The van der Waals surface area contributed by atoms with E-state index in [-0.39, 0.29) is 18.0 Å². The highest BCUT2D eigenvalue weighted by Crippen LogP contribution is 2.23. The molecule has 0 N–H and O–H groups in total. The van der Waals surface area contributed by atoms with Crippen LogP contribution >= 0.6 is 0 Å². The SMILES string of the molecule is CC(C)Oc1ccccc1C=CC(=O)c1cccc(N2CCOC2=O)c1. The second kappa shape index (κ2) is 7.87. The fraction of sp³-hybridized carbons (Fsp3) is 0.238. The number of carbonyl (C=O) groups excluding carboxylic acids is 2. The number of rotatable bonds is 6. The van der Waals surface area contributed by atoms with Crippen LogP contribution in [0.5, 0.6) is 5.75 Å². The summed E-state index contributed by atoms with van der Waals surface area (Å²) in [6.45, 7) is 4.77. The molecule has 0 saturated carbocycles. The average molecular weight is 351 g/mol. The van der Waals surface area contributed by atoms with Crippen LogP contribution in [0.2, 0.25) is 0 Å². The molecule has 1 aliphatic heterocycles. The number of hydrogen-bond donors (Lipinski definition) is 0. The lowest BCUT2D eigenvalue weighted by Gasteiger charge is -2.13. The van der Waals surface area contributed by atoms with Crippen LogP contribution in [-0.4, -0.2) is 31.1 Å². The monoisotopic (exact) mass is 351 g/mol. The van der Waals surface area contributed by atoms with E-state index in [0.717, 1.165) is 11.3 Å². The first-order valence-corrected chi connectivity index (χ1v) is 8.57. The summed E-state index contributed by atoms with van der Waals surface area (Å²) in [5.74, 6) is 0.596. The van der Waals surface area contributed by atoms with E-state index in [2.05, 4.69) is 0 Å². The van der Waals surface area contributed by atoms with Crippen LogP contribution in [0.15, 0.2) is 54.6 Å². The standard InChI is InChI=1S/C21H21NO4/c1-15(2)26-20-9-4-3-6-16(20)10-11-19(23)17-7-5-8-18(14-17)22-12-13-25-21(22)24/h3-11,14-15H,12-13H2,1-2H3. The van der Waals surface area contributed by atoms with E-state index in [4.69, 9.17) is 9.47 Å². The molecule has 0 spiro atoms. The zero-order valence-corrected chi connectivity index (χ0v) is 14.8. The summed E-state index contributed by atoms with van der Waals surface area (Å²) in [5, 5.41) is 0. The summed E-state index contributed by atoms with van der Waals surface area (Å²) >= 11 is 0. The van der Waals surface area contributed by atoms with Gasteiger partial charge in [-0.05, 0) is 44.2 Å². The largest absolute Gasteiger partial charge is 0.490 e. The number of cyclic esters (lactones) is 1. The van der Waals surface area contributed by atoms with Gasteiger partial charge in [0.1, 0.15) is 12.4 Å². The summed E-state index contributed by atoms with van der Waals surface area (Å²) < 4.78 is 10.7. The number of hydrogen-bond acceptors (Lipinski definition) is 4. The predicted molar refractivity (Wildman–Crippen MR) is 101 cm³/mol. The third-order valence-corrected chi connectivity index (χ3v) is 3.90. The average Bonchev–Trinajstić information content (AvgIpc) is 3.06. The van der Waals surface area contributed by atoms with E-state index in [1.165, 1.54) is 11.0 Å².